The second-order valence-electron chi connectivity index (χ2n) is 19.5. The van der Waals surface area contributed by atoms with Crippen molar-refractivity contribution in [3.8, 4) is 10.4 Å². The molecule has 0 unspecified atom stereocenters. The molecule has 0 spiro atoms. The Hall–Kier alpha value is -4.94. The van der Waals surface area contributed by atoms with Gasteiger partial charge >= 0.3 is 0 Å². The fraction of sp³-hybridized carbons (Fsp3) is 0.580. The second kappa shape index (κ2) is 25.1. The highest BCUT2D eigenvalue weighted by Gasteiger charge is 2.45. The van der Waals surface area contributed by atoms with Gasteiger partial charge in [0.15, 0.2) is 0 Å². The number of likely N-dealkylation sites (tertiary alicyclic amines) is 1. The Kier molecular flexibility index (Phi) is 19.9. The van der Waals surface area contributed by atoms with Crippen LogP contribution in [0.2, 0.25) is 0 Å². The van der Waals surface area contributed by atoms with Crippen LogP contribution >= 0.6 is 23.7 Å². The number of thiazole rings is 1. The van der Waals surface area contributed by atoms with Gasteiger partial charge in [0.1, 0.15) is 18.1 Å². The predicted molar refractivity (Wildman–Crippen MR) is 265 cm³/mol. The van der Waals surface area contributed by atoms with Gasteiger partial charge in [0.25, 0.3) is 0 Å². The number of aromatic nitrogens is 1. The molecule has 0 aliphatic carbocycles. The average molecular weight is 980 g/mol. The van der Waals surface area contributed by atoms with Crippen LogP contribution in [0.15, 0.2) is 48.0 Å². The van der Waals surface area contributed by atoms with E-state index in [1.54, 1.807) is 16.2 Å². The summed E-state index contributed by atoms with van der Waals surface area (Å²) in [5, 5.41) is 19.5. The number of amides is 6. The van der Waals surface area contributed by atoms with Gasteiger partial charge in [-0.05, 0) is 66.7 Å². The lowest BCUT2D eigenvalue weighted by atomic mass is 9.85. The fourth-order valence-electron chi connectivity index (χ4n) is 9.29. The monoisotopic (exact) mass is 978 g/mol. The molecule has 68 heavy (non-hydrogen) atoms. The lowest BCUT2D eigenvalue weighted by Gasteiger charge is -2.35. The van der Waals surface area contributed by atoms with Crippen LogP contribution in [0.5, 0.6) is 0 Å². The van der Waals surface area contributed by atoms with Gasteiger partial charge in [-0.15, -0.1) is 23.7 Å². The zero-order valence-electron chi connectivity index (χ0n) is 39.9. The molecule has 6 rings (SSSR count). The van der Waals surface area contributed by atoms with Crippen molar-refractivity contribution in [3.63, 3.8) is 0 Å². The molecule has 18 heteroatoms. The summed E-state index contributed by atoms with van der Waals surface area (Å²) in [6, 6.07) is 10.2. The number of aryl methyl sites for hydroxylation is 2. The maximum Gasteiger partial charge on any atom is 0.246 e. The zero-order chi connectivity index (χ0) is 48.3. The standard InChI is InChI=1S/C50H70N8O8S.ClH/c1-31-44(67-30-54-31)34-18-16-32(17-19-34)27-53-46(62)39-26-37(59)28-57(39)49(65)45(50(2,3)4)56-42(61)15-10-8-6-5-7-9-11-24-66-29-36(21-23-41(52)60)55-47(63)40-25-35-14-12-13-33-20-22-38(51)48(64)58(40)43(33)35;/h12-14,16-19,30,36-40,45,59H,5-11,15,20-29,51H2,1-4H3,(H2,52,60)(H,53,62)(H,55,63)(H,56,61);1H/t36-,37+,38-,39-,40-,45+;/m0./s1. The van der Waals surface area contributed by atoms with Gasteiger partial charge in [0.05, 0.1) is 46.6 Å². The SMILES string of the molecule is Cc1ncsc1-c1ccc(CNC(=O)[C@@H]2C[C@@H](O)CN2C(=O)[C@@H](NC(=O)CCCCCCCCCOC[C@H](CCC(N)=O)NC(=O)[C@@H]2Cc3cccc4c3N2C(=O)[C@@H](N)CC4)C(C)(C)C)cc1.Cl. The van der Waals surface area contributed by atoms with E-state index in [2.05, 4.69) is 20.9 Å². The van der Waals surface area contributed by atoms with E-state index in [9.17, 15) is 33.9 Å². The molecular formula is C50H71ClN8O8S. The first-order valence-electron chi connectivity index (χ1n) is 23.9. The quantitative estimate of drug-likeness (QED) is 0.0712. The van der Waals surface area contributed by atoms with Gasteiger partial charge in [0.2, 0.25) is 35.4 Å². The summed E-state index contributed by atoms with van der Waals surface area (Å²) in [5.41, 5.74) is 18.5. The van der Waals surface area contributed by atoms with Crippen LogP contribution < -0.4 is 32.3 Å². The van der Waals surface area contributed by atoms with Gasteiger partial charge in [0, 0.05) is 45.4 Å². The van der Waals surface area contributed by atoms with E-state index in [-0.39, 0.29) is 80.9 Å². The molecule has 16 nitrogen and oxygen atoms in total. The molecule has 0 saturated carbocycles. The summed E-state index contributed by atoms with van der Waals surface area (Å²) in [5.74, 6) is -1.99. The number of primary amides is 1. The van der Waals surface area contributed by atoms with Gasteiger partial charge < -0.3 is 42.2 Å². The zero-order valence-corrected chi connectivity index (χ0v) is 41.6. The Labute approximate surface area is 410 Å². The fourth-order valence-corrected chi connectivity index (χ4v) is 10.1. The number of nitrogens with one attached hydrogen (secondary N) is 3. The number of carbonyl (C=O) groups excluding carboxylic acids is 6. The van der Waals surface area contributed by atoms with E-state index >= 15 is 0 Å². The van der Waals surface area contributed by atoms with Crippen molar-refractivity contribution in [2.75, 3.05) is 24.7 Å². The van der Waals surface area contributed by atoms with Crippen molar-refractivity contribution in [1.29, 1.82) is 0 Å². The van der Waals surface area contributed by atoms with Crippen LogP contribution in [0.25, 0.3) is 10.4 Å². The van der Waals surface area contributed by atoms with E-state index in [0.717, 1.165) is 77.0 Å². The van der Waals surface area contributed by atoms with Crippen LogP contribution in [0.1, 0.15) is 120 Å². The molecule has 372 valence electrons. The number of unbranched alkanes of at least 4 members (excludes halogenated alkanes) is 6. The van der Waals surface area contributed by atoms with Gasteiger partial charge in [-0.25, -0.2) is 4.98 Å². The number of nitrogens with two attached hydrogens (primary N) is 2. The lowest BCUT2D eigenvalue weighted by molar-refractivity contribution is -0.144. The molecule has 0 radical (unpaired) electrons. The largest absolute Gasteiger partial charge is 0.391 e. The summed E-state index contributed by atoms with van der Waals surface area (Å²) in [7, 11) is 0. The van der Waals surface area contributed by atoms with Gasteiger partial charge in [-0.1, -0.05) is 95.3 Å². The van der Waals surface area contributed by atoms with E-state index in [1.807, 2.05) is 75.7 Å². The summed E-state index contributed by atoms with van der Waals surface area (Å²) in [4.78, 5) is 87.7. The van der Waals surface area contributed by atoms with Crippen molar-refractivity contribution in [2.45, 2.75) is 160 Å². The molecule has 6 amide bonds. The highest BCUT2D eigenvalue weighted by molar-refractivity contribution is 7.13. The Balaban J connectivity index is 0.00000864. The highest BCUT2D eigenvalue weighted by atomic mass is 35.5. The average Bonchev–Trinajstić information content (AvgIpc) is 4.01. The van der Waals surface area contributed by atoms with Crippen LogP contribution in [0, 0.1) is 12.3 Å². The van der Waals surface area contributed by atoms with Crippen LogP contribution in [0.3, 0.4) is 0 Å². The number of hydrogen-bond donors (Lipinski definition) is 6. The van der Waals surface area contributed by atoms with Crippen molar-refractivity contribution in [3.05, 3.63) is 70.4 Å². The number of aliphatic hydroxyl groups is 1. The molecule has 1 aromatic heterocycles. The maximum atomic E-state index is 14.0. The first-order valence-corrected chi connectivity index (χ1v) is 24.8. The minimum atomic E-state index is -0.877. The Morgan fingerprint density at radius 1 is 0.926 bits per heavy atom. The molecule has 3 aromatic rings. The van der Waals surface area contributed by atoms with Crippen molar-refractivity contribution in [1.82, 2.24) is 25.8 Å². The molecule has 0 bridgehead atoms. The number of carbonyl (C=O) groups is 6. The molecule has 1 saturated heterocycles. The molecule has 6 atom stereocenters. The Bertz CT molecular complexity index is 2220. The number of anilines is 1. The smallest absolute Gasteiger partial charge is 0.246 e. The molecule has 8 N–H and O–H groups in total. The summed E-state index contributed by atoms with van der Waals surface area (Å²) in [6.07, 6.45) is 7.75. The van der Waals surface area contributed by atoms with E-state index < -0.39 is 47.6 Å². The summed E-state index contributed by atoms with van der Waals surface area (Å²) >= 11 is 1.58. The first kappa shape index (κ1) is 54.0. The third-order valence-corrected chi connectivity index (χ3v) is 14.0. The number of β-amino-alcohol motifs (C(OH)–C–C–N with tert-alkyl or cyclic N) is 1. The number of ether oxygens (including phenoxy) is 1. The third kappa shape index (κ3) is 14.3. The normalized spacial score (nSPS) is 19.6. The van der Waals surface area contributed by atoms with Crippen LogP contribution in [0.4, 0.5) is 5.69 Å². The molecule has 3 aliphatic heterocycles. The maximum absolute atomic E-state index is 14.0. The van der Waals surface area contributed by atoms with Crippen molar-refractivity contribution >= 4 is 64.9 Å². The minimum absolute atomic E-state index is 0. The van der Waals surface area contributed by atoms with E-state index in [1.165, 1.54) is 4.90 Å². The number of rotatable bonds is 23. The third-order valence-electron chi connectivity index (χ3n) is 13.1. The second-order valence-corrected chi connectivity index (χ2v) is 20.3. The number of nitrogens with zero attached hydrogens (tertiary/aromatic N) is 3. The van der Waals surface area contributed by atoms with Crippen molar-refractivity contribution in [2.24, 2.45) is 16.9 Å². The van der Waals surface area contributed by atoms with Crippen LogP contribution in [-0.2, 0) is 52.9 Å². The molecule has 4 heterocycles. The first-order chi connectivity index (χ1) is 32.0. The van der Waals surface area contributed by atoms with Gasteiger partial charge in [-0.2, -0.15) is 0 Å². The highest BCUT2D eigenvalue weighted by Crippen LogP contribution is 2.39. The number of halogens is 1. The molecule has 1 fully saturated rings. The lowest BCUT2D eigenvalue weighted by Crippen LogP contribution is -2.57. The molecular weight excluding hydrogens is 908 g/mol. The predicted octanol–water partition coefficient (Wildman–Crippen LogP) is 4.77. The number of para-hydroxylation sites is 1. The Morgan fingerprint density at radius 2 is 1.62 bits per heavy atom. The number of hydrogen-bond acceptors (Lipinski definition) is 11. The molecule has 3 aliphatic rings. The van der Waals surface area contributed by atoms with E-state index in [4.69, 9.17) is 16.2 Å². The minimum Gasteiger partial charge on any atom is -0.391 e. The molecule has 2 aromatic carbocycles. The summed E-state index contributed by atoms with van der Waals surface area (Å²) in [6.45, 7) is 8.58. The van der Waals surface area contributed by atoms with E-state index in [0.29, 0.717) is 38.7 Å². The van der Waals surface area contributed by atoms with Gasteiger partial charge in [-0.3, -0.25) is 33.7 Å². The number of aliphatic hydroxyl groups excluding tert-OH is 1. The van der Waals surface area contributed by atoms with Crippen LogP contribution in [-0.4, -0.2) is 107 Å². The topological polar surface area (TPSA) is 239 Å². The van der Waals surface area contributed by atoms with Crippen molar-refractivity contribution < 1.29 is 38.6 Å². The summed E-state index contributed by atoms with van der Waals surface area (Å²) < 4.78 is 5.97. The number of benzene rings is 2. The Morgan fingerprint density at radius 3 is 2.29 bits per heavy atom.